The molecule has 0 bridgehead atoms. The van der Waals surface area contributed by atoms with Crippen molar-refractivity contribution >= 4 is 0 Å². The van der Waals surface area contributed by atoms with Crippen LogP contribution >= 0.6 is 0 Å². The molecule has 2 N–H and O–H groups in total. The molecule has 2 aliphatic rings. The average molecular weight is 385 g/mol. The molecule has 2 fully saturated rings. The average Bonchev–Trinajstić information content (AvgIpc) is 2.49. The van der Waals surface area contributed by atoms with E-state index >= 15 is 0 Å². The van der Waals surface area contributed by atoms with E-state index in [-0.39, 0.29) is 0 Å². The second kappa shape index (κ2) is 11.1. The second-order valence-electron chi connectivity index (χ2n) is 9.99. The summed E-state index contributed by atoms with van der Waals surface area (Å²) in [5, 5.41) is 6.83. The molecule has 2 aliphatic heterocycles. The van der Waals surface area contributed by atoms with Crippen molar-refractivity contribution in [2.24, 2.45) is 10.8 Å². The van der Waals surface area contributed by atoms with Gasteiger partial charge in [0.1, 0.15) is 0 Å². The van der Waals surface area contributed by atoms with E-state index in [4.69, 9.17) is 9.47 Å². The third kappa shape index (κ3) is 9.20. The molecule has 6 heteroatoms. The van der Waals surface area contributed by atoms with Gasteiger partial charge in [0.15, 0.2) is 0 Å². The standard InChI is InChI=1S/C21H44N4O2/c1-19(2)23-7-11-27-13-9-25-17-21(18-25)15-24(16-21)8-12-26-10-6-22-14-20(3,4)5/h19,22-23H,6-18H2,1-5H3. The molecule has 160 valence electrons. The quantitative estimate of drug-likeness (QED) is 0.440. The molecule has 0 aromatic heterocycles. The molecule has 0 amide bonds. The number of hydrogen-bond acceptors (Lipinski definition) is 6. The van der Waals surface area contributed by atoms with Gasteiger partial charge in [-0.3, -0.25) is 9.80 Å². The summed E-state index contributed by atoms with van der Waals surface area (Å²) in [4.78, 5) is 5.07. The predicted octanol–water partition coefficient (Wildman–Crippen LogP) is 1.27. The fraction of sp³-hybridized carbons (Fsp3) is 1.00. The molecule has 0 aliphatic carbocycles. The van der Waals surface area contributed by atoms with E-state index in [1.165, 1.54) is 26.2 Å². The van der Waals surface area contributed by atoms with E-state index in [2.05, 4.69) is 55.1 Å². The summed E-state index contributed by atoms with van der Waals surface area (Å²) in [5.74, 6) is 0. The highest BCUT2D eigenvalue weighted by atomic mass is 16.5. The van der Waals surface area contributed by atoms with E-state index in [0.29, 0.717) is 16.9 Å². The van der Waals surface area contributed by atoms with Gasteiger partial charge in [-0.05, 0) is 5.41 Å². The number of rotatable bonds is 14. The lowest BCUT2D eigenvalue weighted by molar-refractivity contribution is -0.123. The monoisotopic (exact) mass is 384 g/mol. The molecule has 0 aromatic carbocycles. The number of nitrogens with one attached hydrogen (secondary N) is 2. The summed E-state index contributed by atoms with van der Waals surface area (Å²) in [6, 6.07) is 0.543. The van der Waals surface area contributed by atoms with Crippen molar-refractivity contribution in [3.63, 3.8) is 0 Å². The lowest BCUT2D eigenvalue weighted by Crippen LogP contribution is -2.72. The van der Waals surface area contributed by atoms with Gasteiger partial charge in [0, 0.05) is 70.4 Å². The summed E-state index contributed by atoms with van der Waals surface area (Å²) in [5.41, 5.74) is 0.924. The van der Waals surface area contributed by atoms with Crippen LogP contribution < -0.4 is 10.6 Å². The van der Waals surface area contributed by atoms with Crippen LogP contribution in [0.25, 0.3) is 0 Å². The second-order valence-corrected chi connectivity index (χ2v) is 9.99. The first-order valence-electron chi connectivity index (χ1n) is 10.8. The van der Waals surface area contributed by atoms with Crippen LogP contribution in [0.4, 0.5) is 0 Å². The molecular formula is C21H44N4O2. The maximum absolute atomic E-state index is 5.76. The van der Waals surface area contributed by atoms with Crippen molar-refractivity contribution in [2.45, 2.75) is 40.7 Å². The number of likely N-dealkylation sites (tertiary alicyclic amines) is 2. The molecule has 0 aromatic rings. The Hall–Kier alpha value is -0.240. The topological polar surface area (TPSA) is 49.0 Å². The molecule has 0 radical (unpaired) electrons. The van der Waals surface area contributed by atoms with Crippen LogP contribution in [0.5, 0.6) is 0 Å². The summed E-state index contributed by atoms with van der Waals surface area (Å²) < 4.78 is 11.5. The Balaban J connectivity index is 1.35. The maximum atomic E-state index is 5.76. The molecule has 0 unspecified atom stereocenters. The predicted molar refractivity (Wildman–Crippen MR) is 112 cm³/mol. The van der Waals surface area contributed by atoms with Crippen LogP contribution in [0, 0.1) is 10.8 Å². The van der Waals surface area contributed by atoms with E-state index < -0.39 is 0 Å². The van der Waals surface area contributed by atoms with Crippen LogP contribution in [-0.2, 0) is 9.47 Å². The van der Waals surface area contributed by atoms with Crippen LogP contribution in [0.2, 0.25) is 0 Å². The minimum absolute atomic E-state index is 0.347. The van der Waals surface area contributed by atoms with E-state index in [9.17, 15) is 0 Å². The first kappa shape index (κ1) is 23.0. The van der Waals surface area contributed by atoms with Crippen molar-refractivity contribution in [1.82, 2.24) is 20.4 Å². The third-order valence-corrected chi connectivity index (χ3v) is 5.22. The number of ether oxygens (including phenoxy) is 2. The van der Waals surface area contributed by atoms with Crippen molar-refractivity contribution < 1.29 is 9.47 Å². The highest BCUT2D eigenvalue weighted by molar-refractivity contribution is 5.05. The zero-order chi connectivity index (χ0) is 19.8. The Morgan fingerprint density at radius 3 is 1.85 bits per heavy atom. The molecule has 2 rings (SSSR count). The molecule has 2 saturated heterocycles. The number of nitrogens with zero attached hydrogens (tertiary/aromatic N) is 2. The molecule has 0 atom stereocenters. The molecule has 0 saturated carbocycles. The van der Waals surface area contributed by atoms with E-state index in [1.54, 1.807) is 0 Å². The Labute approximate surface area is 167 Å². The zero-order valence-corrected chi connectivity index (χ0v) is 18.5. The first-order chi connectivity index (χ1) is 12.8. The lowest BCUT2D eigenvalue weighted by atomic mass is 9.73. The fourth-order valence-electron chi connectivity index (χ4n) is 3.94. The zero-order valence-electron chi connectivity index (χ0n) is 18.5. The normalized spacial score (nSPS) is 20.2. The van der Waals surface area contributed by atoms with Gasteiger partial charge in [-0.2, -0.15) is 0 Å². The van der Waals surface area contributed by atoms with Gasteiger partial charge in [0.2, 0.25) is 0 Å². The van der Waals surface area contributed by atoms with Crippen molar-refractivity contribution in [3.8, 4) is 0 Å². The molecular weight excluding hydrogens is 340 g/mol. The minimum Gasteiger partial charge on any atom is -0.379 e. The van der Waals surface area contributed by atoms with Crippen molar-refractivity contribution in [1.29, 1.82) is 0 Å². The highest BCUT2D eigenvalue weighted by Crippen LogP contribution is 2.38. The maximum Gasteiger partial charge on any atom is 0.0594 e. The van der Waals surface area contributed by atoms with Gasteiger partial charge in [-0.1, -0.05) is 34.6 Å². The van der Waals surface area contributed by atoms with Gasteiger partial charge < -0.3 is 20.1 Å². The summed E-state index contributed by atoms with van der Waals surface area (Å²) in [6.45, 7) is 24.5. The van der Waals surface area contributed by atoms with Crippen molar-refractivity contribution in [3.05, 3.63) is 0 Å². The summed E-state index contributed by atoms with van der Waals surface area (Å²) >= 11 is 0. The van der Waals surface area contributed by atoms with Gasteiger partial charge in [0.05, 0.1) is 26.4 Å². The van der Waals surface area contributed by atoms with Gasteiger partial charge in [-0.25, -0.2) is 0 Å². The Morgan fingerprint density at radius 2 is 1.37 bits per heavy atom. The number of hydrogen-bond donors (Lipinski definition) is 2. The van der Waals surface area contributed by atoms with Crippen molar-refractivity contribution in [2.75, 3.05) is 85.3 Å². The van der Waals surface area contributed by atoms with Gasteiger partial charge in [-0.15, -0.1) is 0 Å². The SMILES string of the molecule is CC(C)NCCOCCN1CC2(CN(CCOCCNCC(C)(C)C)C2)C1. The Bertz CT molecular complexity index is 397. The smallest absolute Gasteiger partial charge is 0.0594 e. The van der Waals surface area contributed by atoms with Crippen LogP contribution in [0.1, 0.15) is 34.6 Å². The van der Waals surface area contributed by atoms with Crippen LogP contribution in [0.3, 0.4) is 0 Å². The largest absolute Gasteiger partial charge is 0.379 e. The minimum atomic E-state index is 0.347. The fourth-order valence-corrected chi connectivity index (χ4v) is 3.94. The Morgan fingerprint density at radius 1 is 0.852 bits per heavy atom. The molecule has 6 nitrogen and oxygen atoms in total. The highest BCUT2D eigenvalue weighted by Gasteiger charge is 2.50. The van der Waals surface area contributed by atoms with E-state index in [1.807, 2.05) is 0 Å². The third-order valence-electron chi connectivity index (χ3n) is 5.22. The summed E-state index contributed by atoms with van der Waals surface area (Å²) in [6.07, 6.45) is 0. The van der Waals surface area contributed by atoms with Gasteiger partial charge >= 0.3 is 0 Å². The lowest BCUT2D eigenvalue weighted by Gasteiger charge is -2.60. The first-order valence-corrected chi connectivity index (χ1v) is 10.8. The Kier molecular flexibility index (Phi) is 9.45. The van der Waals surface area contributed by atoms with E-state index in [0.717, 1.165) is 59.2 Å². The molecule has 2 heterocycles. The van der Waals surface area contributed by atoms with Crippen LogP contribution in [0.15, 0.2) is 0 Å². The molecule has 1 spiro atoms. The molecule has 27 heavy (non-hydrogen) atoms. The van der Waals surface area contributed by atoms with Gasteiger partial charge in [0.25, 0.3) is 0 Å². The van der Waals surface area contributed by atoms with Crippen LogP contribution in [-0.4, -0.2) is 101 Å². The summed E-state index contributed by atoms with van der Waals surface area (Å²) in [7, 11) is 0.